The molecule has 0 unspecified atom stereocenters. The average molecular weight is 343 g/mol. The van der Waals surface area contributed by atoms with Crippen LogP contribution in [0.25, 0.3) is 0 Å². The fraction of sp³-hybridized carbons (Fsp3) is 0.143. The topological polar surface area (TPSA) is 41.5 Å². The lowest BCUT2D eigenvalue weighted by molar-refractivity contribution is 0.373. The zero-order chi connectivity index (χ0) is 13.8. The number of phenols is 1. The molecule has 0 fully saturated rings. The highest BCUT2D eigenvalue weighted by Gasteiger charge is 2.04. The van der Waals surface area contributed by atoms with Crippen molar-refractivity contribution in [2.24, 2.45) is 0 Å². The lowest BCUT2D eigenvalue weighted by Crippen LogP contribution is -2.00. The number of rotatable bonds is 4. The molecular weight excluding hydrogens is 330 g/mol. The Kier molecular flexibility index (Phi) is 4.56. The third-order valence-electron chi connectivity index (χ3n) is 2.65. The highest BCUT2D eigenvalue weighted by atomic mass is 79.9. The van der Waals surface area contributed by atoms with Gasteiger partial charge in [0.25, 0.3) is 0 Å². The van der Waals surface area contributed by atoms with Crippen molar-refractivity contribution in [3.05, 3.63) is 51.5 Å². The molecule has 2 aromatic rings. The first-order valence-electron chi connectivity index (χ1n) is 5.65. The summed E-state index contributed by atoms with van der Waals surface area (Å²) in [5.74, 6) is 0.589. The lowest BCUT2D eigenvalue weighted by atomic mass is 10.2. The molecule has 0 saturated heterocycles. The molecule has 0 bridgehead atoms. The molecule has 5 heteroatoms. The summed E-state index contributed by atoms with van der Waals surface area (Å²) in [6.45, 7) is 0.563. The van der Waals surface area contributed by atoms with Crippen LogP contribution in [0.4, 0.5) is 5.69 Å². The van der Waals surface area contributed by atoms with Crippen LogP contribution in [0.3, 0.4) is 0 Å². The monoisotopic (exact) mass is 341 g/mol. The maximum absolute atomic E-state index is 9.70. The van der Waals surface area contributed by atoms with Gasteiger partial charge >= 0.3 is 0 Å². The highest BCUT2D eigenvalue weighted by molar-refractivity contribution is 9.10. The lowest BCUT2D eigenvalue weighted by Gasteiger charge is -2.10. The van der Waals surface area contributed by atoms with Crippen molar-refractivity contribution >= 4 is 33.2 Å². The van der Waals surface area contributed by atoms with Gasteiger partial charge in [0.1, 0.15) is 0 Å². The summed E-state index contributed by atoms with van der Waals surface area (Å²) in [5, 5.41) is 13.6. The minimum atomic E-state index is 0.127. The molecule has 0 saturated carbocycles. The number of phenolic OH excluding ortho intramolecular Hbond substituents is 1. The molecule has 100 valence electrons. The van der Waals surface area contributed by atoms with Crippen LogP contribution in [0.1, 0.15) is 5.56 Å². The molecule has 2 N–H and O–H groups in total. The summed E-state index contributed by atoms with van der Waals surface area (Å²) in [6, 6.07) is 10.9. The van der Waals surface area contributed by atoms with Gasteiger partial charge in [0.15, 0.2) is 11.5 Å². The predicted molar refractivity (Wildman–Crippen MR) is 81.1 cm³/mol. The molecule has 0 aliphatic heterocycles. The number of hydrogen-bond donors (Lipinski definition) is 2. The number of aromatic hydroxyl groups is 1. The average Bonchev–Trinajstić information content (AvgIpc) is 2.40. The van der Waals surface area contributed by atoms with Crippen LogP contribution in [0.2, 0.25) is 5.02 Å². The second-order valence-electron chi connectivity index (χ2n) is 3.98. The Morgan fingerprint density at radius 3 is 2.74 bits per heavy atom. The van der Waals surface area contributed by atoms with Crippen molar-refractivity contribution in [1.29, 1.82) is 0 Å². The van der Waals surface area contributed by atoms with Crippen LogP contribution in [0, 0.1) is 0 Å². The van der Waals surface area contributed by atoms with Crippen LogP contribution in [0.15, 0.2) is 40.9 Å². The van der Waals surface area contributed by atoms with Crippen LogP contribution >= 0.6 is 27.5 Å². The second kappa shape index (κ2) is 6.17. The van der Waals surface area contributed by atoms with E-state index >= 15 is 0 Å². The largest absolute Gasteiger partial charge is 0.504 e. The standard InChI is InChI=1S/C14H13BrClNO2/c1-19-14-5-2-9(6-13(14)18)8-17-12-7-10(15)3-4-11(12)16/h2-7,17-18H,8H2,1H3. The van der Waals surface area contributed by atoms with E-state index in [0.717, 1.165) is 15.7 Å². The van der Waals surface area contributed by atoms with Gasteiger partial charge in [-0.2, -0.15) is 0 Å². The molecule has 0 spiro atoms. The summed E-state index contributed by atoms with van der Waals surface area (Å²) >= 11 is 9.49. The van der Waals surface area contributed by atoms with Gasteiger partial charge in [-0.1, -0.05) is 33.6 Å². The third-order valence-corrected chi connectivity index (χ3v) is 3.48. The van der Waals surface area contributed by atoms with E-state index in [2.05, 4.69) is 21.2 Å². The van der Waals surface area contributed by atoms with Crippen LogP contribution in [-0.4, -0.2) is 12.2 Å². The van der Waals surface area contributed by atoms with Crippen LogP contribution in [-0.2, 0) is 6.54 Å². The molecule has 2 aromatic carbocycles. The maximum Gasteiger partial charge on any atom is 0.160 e. The molecule has 19 heavy (non-hydrogen) atoms. The number of benzene rings is 2. The zero-order valence-corrected chi connectivity index (χ0v) is 12.6. The van der Waals surface area contributed by atoms with Crippen LogP contribution < -0.4 is 10.1 Å². The minimum Gasteiger partial charge on any atom is -0.504 e. The van der Waals surface area contributed by atoms with E-state index < -0.39 is 0 Å². The minimum absolute atomic E-state index is 0.127. The summed E-state index contributed by atoms with van der Waals surface area (Å²) in [7, 11) is 1.52. The van der Waals surface area contributed by atoms with Crippen molar-refractivity contribution in [2.45, 2.75) is 6.54 Å². The molecule has 0 aliphatic carbocycles. The summed E-state index contributed by atoms with van der Waals surface area (Å²) < 4.78 is 5.96. The van der Waals surface area contributed by atoms with E-state index in [0.29, 0.717) is 17.3 Å². The van der Waals surface area contributed by atoms with Gasteiger partial charge in [-0.15, -0.1) is 0 Å². The molecule has 0 aromatic heterocycles. The van der Waals surface area contributed by atoms with Gasteiger partial charge in [-0.25, -0.2) is 0 Å². The molecule has 2 rings (SSSR count). The third kappa shape index (κ3) is 3.55. The predicted octanol–water partition coefficient (Wildman–Crippen LogP) is 4.43. The van der Waals surface area contributed by atoms with Gasteiger partial charge < -0.3 is 15.2 Å². The Bertz CT molecular complexity index is 590. The Labute approximate surface area is 125 Å². The van der Waals surface area contributed by atoms with E-state index in [4.69, 9.17) is 16.3 Å². The Morgan fingerprint density at radius 1 is 1.26 bits per heavy atom. The summed E-state index contributed by atoms with van der Waals surface area (Å²) in [4.78, 5) is 0. The number of nitrogens with one attached hydrogen (secondary N) is 1. The molecule has 0 atom stereocenters. The summed E-state index contributed by atoms with van der Waals surface area (Å²) in [6.07, 6.45) is 0. The van der Waals surface area contributed by atoms with Crippen molar-refractivity contribution in [1.82, 2.24) is 0 Å². The van der Waals surface area contributed by atoms with Gasteiger partial charge in [-0.05, 0) is 35.9 Å². The Balaban J connectivity index is 2.10. The van der Waals surface area contributed by atoms with E-state index in [1.54, 1.807) is 12.1 Å². The number of methoxy groups -OCH3 is 1. The van der Waals surface area contributed by atoms with Gasteiger partial charge in [0.2, 0.25) is 0 Å². The molecular formula is C14H13BrClNO2. The van der Waals surface area contributed by atoms with Crippen molar-refractivity contribution in [3.63, 3.8) is 0 Å². The molecule has 0 amide bonds. The number of anilines is 1. The van der Waals surface area contributed by atoms with Gasteiger partial charge in [0, 0.05) is 11.0 Å². The van der Waals surface area contributed by atoms with Gasteiger partial charge in [-0.3, -0.25) is 0 Å². The first kappa shape index (κ1) is 14.0. The van der Waals surface area contributed by atoms with Crippen molar-refractivity contribution < 1.29 is 9.84 Å². The van der Waals surface area contributed by atoms with Crippen LogP contribution in [0.5, 0.6) is 11.5 Å². The summed E-state index contributed by atoms with van der Waals surface area (Å²) in [5.41, 5.74) is 1.78. The number of hydrogen-bond acceptors (Lipinski definition) is 3. The van der Waals surface area contributed by atoms with Crippen molar-refractivity contribution in [3.8, 4) is 11.5 Å². The van der Waals surface area contributed by atoms with E-state index in [1.807, 2.05) is 24.3 Å². The fourth-order valence-corrected chi connectivity index (χ4v) is 2.22. The highest BCUT2D eigenvalue weighted by Crippen LogP contribution is 2.28. The number of halogens is 2. The van der Waals surface area contributed by atoms with E-state index in [-0.39, 0.29) is 5.75 Å². The quantitative estimate of drug-likeness (QED) is 0.863. The fourth-order valence-electron chi connectivity index (χ4n) is 1.68. The molecule has 3 nitrogen and oxygen atoms in total. The smallest absolute Gasteiger partial charge is 0.160 e. The van der Waals surface area contributed by atoms with Crippen molar-refractivity contribution in [2.75, 3.05) is 12.4 Å². The van der Waals surface area contributed by atoms with E-state index in [9.17, 15) is 5.11 Å². The molecule has 0 radical (unpaired) electrons. The van der Waals surface area contributed by atoms with Gasteiger partial charge in [0.05, 0.1) is 17.8 Å². The number of ether oxygens (including phenoxy) is 1. The SMILES string of the molecule is COc1ccc(CNc2cc(Br)ccc2Cl)cc1O. The maximum atomic E-state index is 9.70. The zero-order valence-electron chi connectivity index (χ0n) is 10.3. The normalized spacial score (nSPS) is 10.3. The first-order valence-corrected chi connectivity index (χ1v) is 6.82. The molecule has 0 heterocycles. The Hall–Kier alpha value is -1.39. The van der Waals surface area contributed by atoms with E-state index in [1.165, 1.54) is 7.11 Å². The second-order valence-corrected chi connectivity index (χ2v) is 5.31. The first-order chi connectivity index (χ1) is 9.10. The molecule has 0 aliphatic rings. The Morgan fingerprint density at radius 2 is 2.05 bits per heavy atom.